The smallest absolute Gasteiger partial charge is 0.269 e. The number of hydrogen-bond donors (Lipinski definition) is 2. The van der Waals surface area contributed by atoms with Crippen molar-refractivity contribution in [1.29, 1.82) is 0 Å². The number of nitrogens with one attached hydrogen (secondary N) is 1. The minimum atomic E-state index is -0.118. The third-order valence-corrected chi connectivity index (χ3v) is 2.37. The molecule has 0 fully saturated rings. The van der Waals surface area contributed by atoms with Gasteiger partial charge in [-0.05, 0) is 25.3 Å². The standard InChI is InChI=1S/C12H22N4O.ClH/c1-8(2)5-10-6-11(16(4)15-10)12(17)14-7-9(3)13;/h6,8-9H,5,7,13H2,1-4H3,(H,14,17);1H/t9-;/m0./s1. The first-order valence-electron chi connectivity index (χ1n) is 5.96. The summed E-state index contributed by atoms with van der Waals surface area (Å²) in [5.41, 5.74) is 7.13. The van der Waals surface area contributed by atoms with Gasteiger partial charge in [0.25, 0.3) is 5.91 Å². The van der Waals surface area contributed by atoms with Crippen molar-refractivity contribution in [3.63, 3.8) is 0 Å². The maximum Gasteiger partial charge on any atom is 0.269 e. The molecule has 5 nitrogen and oxygen atoms in total. The Balaban J connectivity index is 0.00000289. The first kappa shape index (κ1) is 16.9. The van der Waals surface area contributed by atoms with Gasteiger partial charge in [0.2, 0.25) is 0 Å². The normalized spacial score (nSPS) is 12.1. The van der Waals surface area contributed by atoms with Crippen LogP contribution in [0.3, 0.4) is 0 Å². The van der Waals surface area contributed by atoms with E-state index >= 15 is 0 Å². The Kier molecular flexibility index (Phi) is 6.94. The van der Waals surface area contributed by atoms with Gasteiger partial charge in [-0.1, -0.05) is 13.8 Å². The van der Waals surface area contributed by atoms with Crippen LogP contribution in [0.25, 0.3) is 0 Å². The lowest BCUT2D eigenvalue weighted by Crippen LogP contribution is -2.35. The van der Waals surface area contributed by atoms with Crippen LogP contribution in [0, 0.1) is 5.92 Å². The molecule has 1 aromatic rings. The van der Waals surface area contributed by atoms with Crippen LogP contribution in [0.2, 0.25) is 0 Å². The predicted octanol–water partition coefficient (Wildman–Crippen LogP) is 1.12. The van der Waals surface area contributed by atoms with E-state index in [9.17, 15) is 4.79 Å². The molecule has 0 aliphatic rings. The average Bonchev–Trinajstić information content (AvgIpc) is 2.54. The molecule has 1 heterocycles. The number of halogens is 1. The van der Waals surface area contributed by atoms with E-state index in [0.717, 1.165) is 12.1 Å². The molecule has 1 aromatic heterocycles. The van der Waals surface area contributed by atoms with Gasteiger partial charge in [-0.2, -0.15) is 5.10 Å². The number of nitrogens with two attached hydrogens (primary N) is 1. The molecule has 0 saturated carbocycles. The second-order valence-corrected chi connectivity index (χ2v) is 4.93. The molecule has 1 amide bonds. The molecule has 6 heteroatoms. The van der Waals surface area contributed by atoms with Crippen molar-refractivity contribution in [2.75, 3.05) is 6.54 Å². The molecule has 1 rings (SSSR count). The molecular weight excluding hydrogens is 252 g/mol. The number of carbonyl (C=O) groups excluding carboxylic acids is 1. The Morgan fingerprint density at radius 3 is 2.61 bits per heavy atom. The second-order valence-electron chi connectivity index (χ2n) is 4.93. The van der Waals surface area contributed by atoms with Gasteiger partial charge in [-0.3, -0.25) is 9.48 Å². The third kappa shape index (κ3) is 5.06. The first-order valence-corrected chi connectivity index (χ1v) is 5.96. The van der Waals surface area contributed by atoms with Crippen molar-refractivity contribution in [1.82, 2.24) is 15.1 Å². The average molecular weight is 275 g/mol. The van der Waals surface area contributed by atoms with Crippen molar-refractivity contribution in [3.8, 4) is 0 Å². The van der Waals surface area contributed by atoms with Crippen LogP contribution in [-0.2, 0) is 13.5 Å². The quantitative estimate of drug-likeness (QED) is 0.845. The maximum absolute atomic E-state index is 11.8. The van der Waals surface area contributed by atoms with Crippen LogP contribution in [-0.4, -0.2) is 28.3 Å². The fraction of sp³-hybridized carbons (Fsp3) is 0.667. The molecule has 18 heavy (non-hydrogen) atoms. The zero-order chi connectivity index (χ0) is 13.0. The van der Waals surface area contributed by atoms with Crippen LogP contribution in [0.1, 0.15) is 37.0 Å². The highest BCUT2D eigenvalue weighted by molar-refractivity contribution is 5.92. The summed E-state index contributed by atoms with van der Waals surface area (Å²) in [5, 5.41) is 7.10. The summed E-state index contributed by atoms with van der Waals surface area (Å²) in [7, 11) is 1.78. The Hall–Kier alpha value is -1.07. The van der Waals surface area contributed by atoms with Crippen molar-refractivity contribution in [2.45, 2.75) is 33.2 Å². The van der Waals surface area contributed by atoms with Crippen LogP contribution in [0.15, 0.2) is 6.07 Å². The van der Waals surface area contributed by atoms with Crippen LogP contribution >= 0.6 is 12.4 Å². The molecule has 0 radical (unpaired) electrons. The van der Waals surface area contributed by atoms with Gasteiger partial charge in [-0.25, -0.2) is 0 Å². The first-order chi connectivity index (χ1) is 7.90. The summed E-state index contributed by atoms with van der Waals surface area (Å²) in [4.78, 5) is 11.8. The molecule has 0 aliphatic heterocycles. The van der Waals surface area contributed by atoms with Crippen molar-refractivity contribution in [3.05, 3.63) is 17.5 Å². The monoisotopic (exact) mass is 274 g/mol. The number of amides is 1. The zero-order valence-corrected chi connectivity index (χ0v) is 12.3. The molecule has 0 unspecified atom stereocenters. The molecule has 0 bridgehead atoms. The summed E-state index contributed by atoms with van der Waals surface area (Å²) in [5.74, 6) is 0.414. The highest BCUT2D eigenvalue weighted by atomic mass is 35.5. The fourth-order valence-electron chi connectivity index (χ4n) is 1.60. The van der Waals surface area contributed by atoms with E-state index in [4.69, 9.17) is 5.73 Å². The molecule has 0 spiro atoms. The van der Waals surface area contributed by atoms with E-state index in [1.807, 2.05) is 13.0 Å². The Labute approximate surface area is 115 Å². The van der Waals surface area contributed by atoms with Gasteiger partial charge in [0.1, 0.15) is 5.69 Å². The third-order valence-electron chi connectivity index (χ3n) is 2.37. The summed E-state index contributed by atoms with van der Waals surface area (Å²) in [6, 6.07) is 1.80. The molecule has 0 saturated heterocycles. The minimum absolute atomic E-state index is 0. The van der Waals surface area contributed by atoms with Crippen molar-refractivity contribution >= 4 is 18.3 Å². The minimum Gasteiger partial charge on any atom is -0.349 e. The molecular formula is C12H23ClN4O. The van der Waals surface area contributed by atoms with Gasteiger partial charge < -0.3 is 11.1 Å². The molecule has 0 aromatic carbocycles. The lowest BCUT2D eigenvalue weighted by molar-refractivity contribution is 0.0942. The largest absolute Gasteiger partial charge is 0.349 e. The molecule has 1 atom stereocenters. The van der Waals surface area contributed by atoms with E-state index < -0.39 is 0 Å². The predicted molar refractivity (Wildman–Crippen MR) is 75.0 cm³/mol. The SMILES string of the molecule is CC(C)Cc1cc(C(=O)NC[C@H](C)N)n(C)n1.Cl. The highest BCUT2D eigenvalue weighted by Crippen LogP contribution is 2.08. The topological polar surface area (TPSA) is 72.9 Å². The number of rotatable bonds is 5. The van der Waals surface area contributed by atoms with Gasteiger partial charge in [0, 0.05) is 19.6 Å². The Morgan fingerprint density at radius 2 is 2.11 bits per heavy atom. The summed E-state index contributed by atoms with van der Waals surface area (Å²) in [6.45, 7) is 6.59. The summed E-state index contributed by atoms with van der Waals surface area (Å²) >= 11 is 0. The van der Waals surface area contributed by atoms with E-state index in [-0.39, 0.29) is 24.4 Å². The Bertz CT molecular complexity index is 387. The van der Waals surface area contributed by atoms with Crippen molar-refractivity contribution in [2.24, 2.45) is 18.7 Å². The zero-order valence-electron chi connectivity index (χ0n) is 11.4. The van der Waals surface area contributed by atoms with E-state index in [1.165, 1.54) is 0 Å². The van der Waals surface area contributed by atoms with E-state index in [1.54, 1.807) is 11.7 Å². The lowest BCUT2D eigenvalue weighted by Gasteiger charge is -2.07. The molecule has 0 aliphatic carbocycles. The summed E-state index contributed by atoms with van der Waals surface area (Å²) in [6.07, 6.45) is 0.883. The van der Waals surface area contributed by atoms with Crippen LogP contribution < -0.4 is 11.1 Å². The number of nitrogens with zero attached hydrogens (tertiary/aromatic N) is 2. The summed E-state index contributed by atoms with van der Waals surface area (Å²) < 4.78 is 1.62. The Morgan fingerprint density at radius 1 is 1.50 bits per heavy atom. The lowest BCUT2D eigenvalue weighted by atomic mass is 10.1. The van der Waals surface area contributed by atoms with Crippen LogP contribution in [0.5, 0.6) is 0 Å². The van der Waals surface area contributed by atoms with Gasteiger partial charge >= 0.3 is 0 Å². The molecule has 104 valence electrons. The van der Waals surface area contributed by atoms with Gasteiger partial charge in [-0.15, -0.1) is 12.4 Å². The fourth-order valence-corrected chi connectivity index (χ4v) is 1.60. The maximum atomic E-state index is 11.8. The van der Waals surface area contributed by atoms with Crippen LogP contribution in [0.4, 0.5) is 0 Å². The highest BCUT2D eigenvalue weighted by Gasteiger charge is 2.13. The van der Waals surface area contributed by atoms with E-state index in [0.29, 0.717) is 18.2 Å². The van der Waals surface area contributed by atoms with Gasteiger partial charge in [0.05, 0.1) is 5.69 Å². The number of aryl methyl sites for hydroxylation is 1. The number of carbonyl (C=O) groups is 1. The van der Waals surface area contributed by atoms with Gasteiger partial charge in [0.15, 0.2) is 0 Å². The number of hydrogen-bond acceptors (Lipinski definition) is 3. The number of aromatic nitrogens is 2. The van der Waals surface area contributed by atoms with Crippen molar-refractivity contribution < 1.29 is 4.79 Å². The van der Waals surface area contributed by atoms with E-state index in [2.05, 4.69) is 24.3 Å². The second kappa shape index (κ2) is 7.38. The molecule has 3 N–H and O–H groups in total.